The summed E-state index contributed by atoms with van der Waals surface area (Å²) < 4.78 is 1.12. The van der Waals surface area contributed by atoms with Gasteiger partial charge in [0.1, 0.15) is 0 Å². The molecule has 0 radical (unpaired) electrons. The van der Waals surface area contributed by atoms with E-state index >= 15 is 0 Å². The lowest BCUT2D eigenvalue weighted by atomic mass is 10.0. The molecule has 0 aromatic heterocycles. The molecule has 22 heavy (non-hydrogen) atoms. The highest BCUT2D eigenvalue weighted by atomic mass is 79.9. The number of halogens is 1. The molecule has 0 aliphatic rings. The Morgan fingerprint density at radius 1 is 0.500 bits per heavy atom. The van der Waals surface area contributed by atoms with Gasteiger partial charge in [0.2, 0.25) is 0 Å². The van der Waals surface area contributed by atoms with E-state index in [-0.39, 0.29) is 23.1 Å². The number of quaternary nitrogens is 1. The van der Waals surface area contributed by atoms with Crippen molar-refractivity contribution in [1.29, 1.82) is 0 Å². The van der Waals surface area contributed by atoms with Crippen LogP contribution in [0, 0.1) is 0 Å². The van der Waals surface area contributed by atoms with Gasteiger partial charge in [-0.05, 0) is 12.8 Å². The van der Waals surface area contributed by atoms with Gasteiger partial charge in [-0.2, -0.15) is 0 Å². The standard InChI is InChI=1S/C19H42N.BrH.H3N/c1-5-6-7-8-9-10-11-12-13-14-15-16-17-18-19-20(2,3)4;;/h5-19H2,1-4H3;1H;1H3/q+1;;/p-1. The molecule has 0 saturated carbocycles. The van der Waals surface area contributed by atoms with Crippen molar-refractivity contribution in [1.82, 2.24) is 6.15 Å². The van der Waals surface area contributed by atoms with Gasteiger partial charge in [0, 0.05) is 0 Å². The SMILES string of the molecule is CCCCCCCCCCCCCCCC[N+](C)(C)C.N.[Br-]. The van der Waals surface area contributed by atoms with Gasteiger partial charge < -0.3 is 27.6 Å². The van der Waals surface area contributed by atoms with Gasteiger partial charge in [-0.25, -0.2) is 0 Å². The third-order valence-electron chi connectivity index (χ3n) is 4.18. The van der Waals surface area contributed by atoms with Crippen LogP contribution in [-0.2, 0) is 0 Å². The first-order valence-electron chi connectivity index (χ1n) is 9.36. The number of unbranched alkanes of at least 4 members (excludes halogenated alkanes) is 13. The Morgan fingerprint density at radius 3 is 1.05 bits per heavy atom. The van der Waals surface area contributed by atoms with Crippen LogP contribution in [-0.4, -0.2) is 32.2 Å². The minimum atomic E-state index is 0. The van der Waals surface area contributed by atoms with E-state index in [1.54, 1.807) is 0 Å². The zero-order valence-corrected chi connectivity index (χ0v) is 17.7. The first kappa shape index (κ1) is 27.3. The Balaban J connectivity index is -0.00000180. The molecule has 0 atom stereocenters. The van der Waals surface area contributed by atoms with Crippen LogP contribution in [0.1, 0.15) is 96.8 Å². The minimum Gasteiger partial charge on any atom is -1.00 e. The maximum Gasteiger partial charge on any atom is 0.0780 e. The lowest BCUT2D eigenvalue weighted by Crippen LogP contribution is -3.00. The molecule has 0 aliphatic carbocycles. The molecule has 0 aromatic rings. The van der Waals surface area contributed by atoms with Crippen molar-refractivity contribution in [3.63, 3.8) is 0 Å². The lowest BCUT2D eigenvalue weighted by molar-refractivity contribution is -0.870. The summed E-state index contributed by atoms with van der Waals surface area (Å²) in [6, 6.07) is 0. The van der Waals surface area contributed by atoms with Gasteiger partial charge in [0.25, 0.3) is 0 Å². The molecular formula is C19H45BrN2. The van der Waals surface area contributed by atoms with Crippen LogP contribution in [0.4, 0.5) is 0 Å². The summed E-state index contributed by atoms with van der Waals surface area (Å²) in [5, 5.41) is 0. The number of nitrogens with zero attached hydrogens (tertiary/aromatic N) is 1. The van der Waals surface area contributed by atoms with E-state index in [9.17, 15) is 0 Å². The molecule has 0 heterocycles. The third kappa shape index (κ3) is 25.4. The average Bonchev–Trinajstić information content (AvgIpc) is 2.38. The topological polar surface area (TPSA) is 35.0 Å². The van der Waals surface area contributed by atoms with E-state index in [1.807, 2.05) is 0 Å². The lowest BCUT2D eigenvalue weighted by Gasteiger charge is -2.23. The van der Waals surface area contributed by atoms with Gasteiger partial charge >= 0.3 is 0 Å². The molecule has 2 nitrogen and oxygen atoms in total. The molecule has 0 bridgehead atoms. The Bertz CT molecular complexity index is 190. The fourth-order valence-corrected chi connectivity index (χ4v) is 2.78. The van der Waals surface area contributed by atoms with Crippen LogP contribution in [0.25, 0.3) is 0 Å². The van der Waals surface area contributed by atoms with E-state index in [0.717, 1.165) is 4.48 Å². The van der Waals surface area contributed by atoms with Crippen molar-refractivity contribution in [3.8, 4) is 0 Å². The van der Waals surface area contributed by atoms with Crippen LogP contribution >= 0.6 is 0 Å². The summed E-state index contributed by atoms with van der Waals surface area (Å²) in [6.07, 6.45) is 20.4. The fourth-order valence-electron chi connectivity index (χ4n) is 2.78. The molecule has 0 aromatic carbocycles. The molecule has 0 fully saturated rings. The third-order valence-corrected chi connectivity index (χ3v) is 4.18. The van der Waals surface area contributed by atoms with Gasteiger partial charge in [-0.15, -0.1) is 0 Å². The minimum absolute atomic E-state index is 0. The Morgan fingerprint density at radius 2 is 0.773 bits per heavy atom. The first-order valence-corrected chi connectivity index (χ1v) is 9.36. The summed E-state index contributed by atoms with van der Waals surface area (Å²) >= 11 is 0. The first-order chi connectivity index (χ1) is 9.56. The van der Waals surface area contributed by atoms with Crippen molar-refractivity contribution >= 4 is 0 Å². The van der Waals surface area contributed by atoms with Gasteiger partial charge in [0.05, 0.1) is 27.7 Å². The zero-order valence-electron chi connectivity index (χ0n) is 16.1. The van der Waals surface area contributed by atoms with Gasteiger partial charge in [-0.3, -0.25) is 0 Å². The van der Waals surface area contributed by atoms with Crippen molar-refractivity contribution in [2.75, 3.05) is 27.7 Å². The van der Waals surface area contributed by atoms with Crippen molar-refractivity contribution in [2.24, 2.45) is 0 Å². The predicted octanol–water partition coefficient (Wildman–Crippen LogP) is 3.34. The van der Waals surface area contributed by atoms with Crippen LogP contribution in [0.15, 0.2) is 0 Å². The zero-order chi connectivity index (χ0) is 15.1. The molecule has 0 amide bonds. The molecule has 3 N–H and O–H groups in total. The van der Waals surface area contributed by atoms with E-state index in [0.29, 0.717) is 0 Å². The quantitative estimate of drug-likeness (QED) is 0.343. The van der Waals surface area contributed by atoms with Gasteiger partial charge in [-0.1, -0.05) is 84.0 Å². The second-order valence-electron chi connectivity index (χ2n) is 7.61. The van der Waals surface area contributed by atoms with Crippen LogP contribution in [0.3, 0.4) is 0 Å². The molecule has 0 rings (SSSR count). The normalized spacial score (nSPS) is 10.9. The Kier molecular flexibility index (Phi) is 24.1. The smallest absolute Gasteiger partial charge is 0.0780 e. The van der Waals surface area contributed by atoms with E-state index in [4.69, 9.17) is 0 Å². The largest absolute Gasteiger partial charge is 1.00 e. The van der Waals surface area contributed by atoms with E-state index in [1.165, 1.54) is 96.4 Å². The van der Waals surface area contributed by atoms with E-state index in [2.05, 4.69) is 28.1 Å². The number of rotatable bonds is 15. The molecule has 0 spiro atoms. The molecular weight excluding hydrogens is 336 g/mol. The molecule has 0 aliphatic heterocycles. The summed E-state index contributed by atoms with van der Waals surface area (Å²) in [6.45, 7) is 3.63. The molecule has 138 valence electrons. The highest BCUT2D eigenvalue weighted by Crippen LogP contribution is 2.13. The van der Waals surface area contributed by atoms with E-state index < -0.39 is 0 Å². The second kappa shape index (κ2) is 19.4. The summed E-state index contributed by atoms with van der Waals surface area (Å²) in [4.78, 5) is 0. The molecule has 0 unspecified atom stereocenters. The summed E-state index contributed by atoms with van der Waals surface area (Å²) in [5.41, 5.74) is 0. The maximum atomic E-state index is 2.29. The maximum absolute atomic E-state index is 2.29. The van der Waals surface area contributed by atoms with Crippen molar-refractivity contribution in [3.05, 3.63) is 0 Å². The Labute approximate surface area is 152 Å². The highest BCUT2D eigenvalue weighted by molar-refractivity contribution is 4.49. The molecule has 3 heteroatoms. The number of hydrogen-bond acceptors (Lipinski definition) is 1. The van der Waals surface area contributed by atoms with Gasteiger partial charge in [0.15, 0.2) is 0 Å². The van der Waals surface area contributed by atoms with Crippen molar-refractivity contribution in [2.45, 2.75) is 96.8 Å². The summed E-state index contributed by atoms with van der Waals surface area (Å²) in [5.74, 6) is 0. The highest BCUT2D eigenvalue weighted by Gasteiger charge is 2.04. The predicted molar refractivity (Wildman–Crippen MR) is 98.2 cm³/mol. The van der Waals surface area contributed by atoms with Crippen LogP contribution in [0.5, 0.6) is 0 Å². The van der Waals surface area contributed by atoms with Crippen LogP contribution < -0.4 is 23.1 Å². The van der Waals surface area contributed by atoms with Crippen molar-refractivity contribution < 1.29 is 21.5 Å². The summed E-state index contributed by atoms with van der Waals surface area (Å²) in [7, 11) is 6.88. The second-order valence-corrected chi connectivity index (χ2v) is 7.61. The Hall–Kier alpha value is 0.400. The van der Waals surface area contributed by atoms with Crippen LogP contribution in [0.2, 0.25) is 0 Å². The average molecular weight is 381 g/mol. The monoisotopic (exact) mass is 380 g/mol. The fraction of sp³-hybridized carbons (Fsp3) is 1.00. The molecule has 0 saturated heterocycles. The number of hydrogen-bond donors (Lipinski definition) is 1.